The van der Waals surface area contributed by atoms with Crippen molar-refractivity contribution in [1.29, 1.82) is 0 Å². The Morgan fingerprint density at radius 3 is 1.39 bits per heavy atom. The van der Waals surface area contributed by atoms with E-state index < -0.39 is 6.89 Å². The maximum atomic E-state index is 2.81. The van der Waals surface area contributed by atoms with Gasteiger partial charge in [0.15, 0.2) is 0 Å². The van der Waals surface area contributed by atoms with Crippen molar-refractivity contribution in [2.75, 3.05) is 0 Å². The molecule has 0 bridgehead atoms. The second kappa shape index (κ2) is 12.7. The standard InChI is InChI=1S/C30H39P/c1-3-5-7-11-19-27(18-6-4-2)26-31(28-20-12-8-13-21-28,29-22-14-9-15-23-29)30-24-16-10-17-25-30/h8-10,12-17,20-27H,3-7,11,18-19H2,1-2H3. The van der Waals surface area contributed by atoms with Gasteiger partial charge in [-0.2, -0.15) is 0 Å². The lowest BCUT2D eigenvalue weighted by atomic mass is 9.97. The van der Waals surface area contributed by atoms with Crippen LogP contribution in [0, 0.1) is 5.92 Å². The topological polar surface area (TPSA) is 0 Å². The normalized spacial score (nSPS) is 12.5. The summed E-state index contributed by atoms with van der Waals surface area (Å²) in [5.74, 6) is 3.47. The summed E-state index contributed by atoms with van der Waals surface area (Å²) in [6.07, 6.45) is 10.6. The molecule has 0 heterocycles. The third-order valence-corrected chi connectivity index (χ3v) is 10.5. The van der Waals surface area contributed by atoms with Gasteiger partial charge in [-0.15, -0.1) is 0 Å². The van der Waals surface area contributed by atoms with Crippen LogP contribution in [0.4, 0.5) is 0 Å². The number of hydrogen-bond acceptors (Lipinski definition) is 0. The van der Waals surface area contributed by atoms with Crippen molar-refractivity contribution in [3.8, 4) is 0 Å². The van der Waals surface area contributed by atoms with Gasteiger partial charge in [0, 0.05) is 0 Å². The fourth-order valence-electron chi connectivity index (χ4n) is 4.60. The first-order chi connectivity index (χ1) is 15.3. The lowest BCUT2D eigenvalue weighted by Crippen LogP contribution is -2.28. The molecule has 3 aromatic carbocycles. The summed E-state index contributed by atoms with van der Waals surface area (Å²) in [4.78, 5) is 0. The molecule has 0 saturated carbocycles. The maximum absolute atomic E-state index is 2.81. The molecule has 0 aliphatic carbocycles. The summed E-state index contributed by atoms with van der Waals surface area (Å²) in [5.41, 5.74) is 0. The molecule has 0 N–H and O–H groups in total. The van der Waals surface area contributed by atoms with E-state index in [2.05, 4.69) is 111 Å². The van der Waals surface area contributed by atoms with Gasteiger partial charge in [0.2, 0.25) is 0 Å². The fourth-order valence-corrected chi connectivity index (χ4v) is 8.87. The molecular weight excluding hydrogens is 391 g/mol. The van der Waals surface area contributed by atoms with Crippen LogP contribution in [-0.2, 0) is 0 Å². The third kappa shape index (κ3) is 6.24. The number of benzene rings is 3. The Balaban J connectivity index is 2.19. The third-order valence-electron chi connectivity index (χ3n) is 6.28. The summed E-state index contributed by atoms with van der Waals surface area (Å²) in [6, 6.07) is 33.9. The minimum absolute atomic E-state index is 0.658. The highest BCUT2D eigenvalue weighted by atomic mass is 31.2. The molecule has 0 saturated heterocycles. The molecule has 0 aliphatic rings. The molecule has 0 fully saturated rings. The van der Waals surface area contributed by atoms with Crippen molar-refractivity contribution in [3.63, 3.8) is 0 Å². The van der Waals surface area contributed by atoms with Gasteiger partial charge in [-0.1, -0.05) is 149 Å². The summed E-state index contributed by atoms with van der Waals surface area (Å²) >= 11 is 0. The number of rotatable bonds is 12. The van der Waals surface area contributed by atoms with Gasteiger partial charge in [0.25, 0.3) is 0 Å². The van der Waals surface area contributed by atoms with Crippen molar-refractivity contribution in [2.24, 2.45) is 5.92 Å². The predicted molar refractivity (Wildman–Crippen MR) is 143 cm³/mol. The monoisotopic (exact) mass is 430 g/mol. The van der Waals surface area contributed by atoms with Crippen molar-refractivity contribution >= 4 is 28.6 Å². The first-order valence-electron chi connectivity index (χ1n) is 12.2. The van der Waals surface area contributed by atoms with Crippen LogP contribution < -0.4 is 15.9 Å². The van der Waals surface area contributed by atoms with E-state index in [1.807, 2.05) is 0 Å². The van der Waals surface area contributed by atoms with Gasteiger partial charge < -0.3 is 0 Å². The van der Waals surface area contributed by atoms with Crippen LogP contribution >= 0.6 is 6.89 Å². The Hall–Kier alpha value is -2.04. The summed E-state index contributed by atoms with van der Waals surface area (Å²) in [5, 5.41) is 4.42. The summed E-state index contributed by atoms with van der Waals surface area (Å²) in [6.45, 7) is 2.79. The van der Waals surface area contributed by atoms with E-state index in [9.17, 15) is 0 Å². The quantitative estimate of drug-likeness (QED) is 0.205. The zero-order chi connectivity index (χ0) is 21.8. The van der Waals surface area contributed by atoms with Crippen LogP contribution in [-0.4, -0.2) is 5.80 Å². The zero-order valence-electron chi connectivity index (χ0n) is 19.4. The Labute approximate surface area is 190 Å². The molecule has 0 aromatic heterocycles. The number of unbranched alkanes of at least 4 members (excludes halogenated alkanes) is 4. The minimum atomic E-state index is -1.83. The summed E-state index contributed by atoms with van der Waals surface area (Å²) < 4.78 is 0. The summed E-state index contributed by atoms with van der Waals surface area (Å²) in [7, 11) is 0. The molecule has 1 atom stereocenters. The smallest absolute Gasteiger partial charge is 0.0163 e. The Morgan fingerprint density at radius 1 is 0.548 bits per heavy atom. The van der Waals surface area contributed by atoms with Crippen LogP contribution in [0.25, 0.3) is 0 Å². The molecule has 1 heteroatoms. The Morgan fingerprint density at radius 2 is 0.968 bits per heavy atom. The molecule has 0 radical (unpaired) electrons. The van der Waals surface area contributed by atoms with Crippen LogP contribution in [0.2, 0.25) is 0 Å². The second-order valence-electron chi connectivity index (χ2n) is 8.63. The van der Waals surface area contributed by atoms with Crippen LogP contribution in [0.3, 0.4) is 0 Å². The molecular formula is C30H39P. The fraction of sp³-hybridized carbons (Fsp3) is 0.367. The average Bonchev–Trinajstić information content (AvgIpc) is 2.85. The van der Waals surface area contributed by atoms with E-state index in [0.29, 0.717) is 5.92 Å². The first-order valence-corrected chi connectivity index (χ1v) is 14.1. The minimum Gasteiger partial charge on any atom is -0.0711 e. The van der Waals surface area contributed by atoms with Crippen LogP contribution in [0.1, 0.15) is 65.2 Å². The van der Waals surface area contributed by atoms with Crippen molar-refractivity contribution in [1.82, 2.24) is 0 Å². The highest BCUT2D eigenvalue weighted by molar-refractivity contribution is 7.94. The Bertz CT molecular complexity index is 809. The molecule has 1 unspecified atom stereocenters. The lowest BCUT2D eigenvalue weighted by molar-refractivity contribution is 0.515. The van der Waals surface area contributed by atoms with Gasteiger partial charge in [-0.25, -0.2) is 0 Å². The van der Waals surface area contributed by atoms with Crippen LogP contribution in [0.5, 0.6) is 0 Å². The van der Waals surface area contributed by atoms with E-state index in [0.717, 1.165) is 0 Å². The van der Waals surface area contributed by atoms with Crippen molar-refractivity contribution in [3.05, 3.63) is 91.0 Å². The molecule has 31 heavy (non-hydrogen) atoms. The van der Waals surface area contributed by atoms with E-state index in [1.54, 1.807) is 0 Å². The average molecular weight is 431 g/mol. The van der Waals surface area contributed by atoms with E-state index in [4.69, 9.17) is 0 Å². The highest BCUT2D eigenvalue weighted by Crippen LogP contribution is 2.45. The van der Waals surface area contributed by atoms with Gasteiger partial charge in [0.05, 0.1) is 0 Å². The molecule has 0 nitrogen and oxygen atoms in total. The van der Waals surface area contributed by atoms with E-state index in [-0.39, 0.29) is 0 Å². The van der Waals surface area contributed by atoms with Gasteiger partial charge >= 0.3 is 0 Å². The zero-order valence-corrected chi connectivity index (χ0v) is 20.3. The molecule has 164 valence electrons. The number of hydrogen-bond donors (Lipinski definition) is 0. The molecule has 3 aromatic rings. The van der Waals surface area contributed by atoms with Gasteiger partial charge in [-0.05, 0) is 41.6 Å². The van der Waals surface area contributed by atoms with Crippen molar-refractivity contribution < 1.29 is 0 Å². The highest BCUT2D eigenvalue weighted by Gasteiger charge is 2.26. The maximum Gasteiger partial charge on any atom is -0.0163 e. The van der Waals surface area contributed by atoms with Crippen molar-refractivity contribution in [2.45, 2.75) is 65.2 Å². The Kier molecular flexibility index (Phi) is 9.70. The molecule has 0 amide bonds. The van der Waals surface area contributed by atoms with E-state index >= 15 is 0 Å². The molecule has 3 rings (SSSR count). The van der Waals surface area contributed by atoms with E-state index in [1.165, 1.54) is 67.3 Å². The second-order valence-corrected chi connectivity index (χ2v) is 11.9. The molecule has 0 aliphatic heterocycles. The lowest BCUT2D eigenvalue weighted by Gasteiger charge is -2.31. The predicted octanol–water partition coefficient (Wildman–Crippen LogP) is 7.56. The van der Waals surface area contributed by atoms with Crippen LogP contribution in [0.15, 0.2) is 91.0 Å². The van der Waals surface area contributed by atoms with Gasteiger partial charge in [-0.3, -0.25) is 0 Å². The first kappa shape index (κ1) is 23.6. The SMILES string of the molecule is CCCCCCC(C=P(c1ccccc1)(c1ccccc1)c1ccccc1)CCCC. The largest absolute Gasteiger partial charge is 0.0711 e. The van der Waals surface area contributed by atoms with Gasteiger partial charge in [0.1, 0.15) is 0 Å². The molecule has 0 spiro atoms.